The fraction of sp³-hybridized carbons (Fsp3) is 0.571. The molecule has 0 aliphatic carbocycles. The molecule has 0 aliphatic rings. The van der Waals surface area contributed by atoms with Crippen molar-refractivity contribution in [3.05, 3.63) is 30.3 Å². The molecule has 0 radical (unpaired) electrons. The summed E-state index contributed by atoms with van der Waals surface area (Å²) in [5, 5.41) is 18.5. The van der Waals surface area contributed by atoms with Crippen molar-refractivity contribution in [3.8, 4) is 0 Å². The third kappa shape index (κ3) is 7.20. The number of ether oxygens (including phenoxy) is 1. The molecule has 0 amide bonds. The van der Waals surface area contributed by atoms with Crippen molar-refractivity contribution >= 4 is 22.6 Å². The van der Waals surface area contributed by atoms with E-state index in [1.165, 1.54) is 7.11 Å². The predicted molar refractivity (Wildman–Crippen MR) is 89.3 cm³/mol. The van der Waals surface area contributed by atoms with Crippen LogP contribution >= 0.6 is 0 Å². The van der Waals surface area contributed by atoms with E-state index >= 15 is 0 Å². The van der Waals surface area contributed by atoms with Crippen molar-refractivity contribution in [3.63, 3.8) is 0 Å². The largest absolute Gasteiger partial charge is 0.489 e. The van der Waals surface area contributed by atoms with Gasteiger partial charge in [0.2, 0.25) is 0 Å². The molecule has 132 valence electrons. The third-order valence-electron chi connectivity index (χ3n) is 3.29. The van der Waals surface area contributed by atoms with Crippen molar-refractivity contribution < 1.29 is 33.1 Å². The van der Waals surface area contributed by atoms with Crippen molar-refractivity contribution in [2.24, 2.45) is 0 Å². The smallest absolute Gasteiger partial charge is 0.408 e. The Labute approximate surface area is 138 Å². The fourth-order valence-corrected chi connectivity index (χ4v) is 7.28. The summed E-state index contributed by atoms with van der Waals surface area (Å²) in [7, 11) is -5.40. The second-order valence-electron chi connectivity index (χ2n) is 5.38. The van der Waals surface area contributed by atoms with E-state index in [9.17, 15) is 9.59 Å². The van der Waals surface area contributed by atoms with Crippen molar-refractivity contribution in [2.45, 2.75) is 25.1 Å². The summed E-state index contributed by atoms with van der Waals surface area (Å²) in [6.45, 7) is 1.55. The van der Waals surface area contributed by atoms with Gasteiger partial charge in [0.1, 0.15) is 6.10 Å². The van der Waals surface area contributed by atoms with Crippen LogP contribution in [0.5, 0.6) is 0 Å². The summed E-state index contributed by atoms with van der Waals surface area (Å²) in [5.74, 6) is 0. The molecule has 0 fully saturated rings. The lowest BCUT2D eigenvalue weighted by Crippen LogP contribution is -2.58. The molecular weight excluding hydrogens is 336 g/mol. The topological polar surface area (TPSA) is 109 Å². The van der Waals surface area contributed by atoms with Gasteiger partial charge in [-0.05, 0) is 18.2 Å². The number of hydrogen-bond donors (Lipinski definition) is 4. The fourth-order valence-electron chi connectivity index (χ4n) is 1.98. The van der Waals surface area contributed by atoms with E-state index in [0.717, 1.165) is 0 Å². The van der Waals surface area contributed by atoms with Crippen LogP contribution in [0, 0.1) is 0 Å². The highest BCUT2D eigenvalue weighted by molar-refractivity contribution is 6.85. The van der Waals surface area contributed by atoms with Crippen LogP contribution in [0.15, 0.2) is 30.3 Å². The quantitative estimate of drug-likeness (QED) is 0.305. The van der Waals surface area contributed by atoms with Crippen molar-refractivity contribution in [2.75, 3.05) is 26.9 Å². The van der Waals surface area contributed by atoms with Gasteiger partial charge < -0.3 is 33.1 Å². The van der Waals surface area contributed by atoms with E-state index in [2.05, 4.69) is 0 Å². The first-order valence-electron chi connectivity index (χ1n) is 7.45. The Morgan fingerprint density at radius 2 is 1.83 bits per heavy atom. The average Bonchev–Trinajstić information content (AvgIpc) is 2.54. The van der Waals surface area contributed by atoms with Crippen LogP contribution in [-0.4, -0.2) is 70.2 Å². The minimum Gasteiger partial charge on any atom is -0.408 e. The normalized spacial score (nSPS) is 18.2. The lowest BCUT2D eigenvalue weighted by Gasteiger charge is -2.30. The monoisotopic (exact) mass is 362 g/mol. The number of aliphatic hydroxyl groups is 2. The van der Waals surface area contributed by atoms with Gasteiger partial charge in [-0.3, -0.25) is 0 Å². The van der Waals surface area contributed by atoms with Crippen LogP contribution in [0.2, 0.25) is 12.6 Å². The summed E-state index contributed by atoms with van der Waals surface area (Å²) >= 11 is 0. The summed E-state index contributed by atoms with van der Waals surface area (Å²) in [6, 6.07) is 9.19. The highest BCUT2D eigenvalue weighted by Gasteiger charge is 2.45. The minimum atomic E-state index is -3.51. The first-order valence-corrected chi connectivity index (χ1v) is 11.8. The summed E-state index contributed by atoms with van der Waals surface area (Å²) in [5.41, 5.74) is 0. The summed E-state index contributed by atoms with van der Waals surface area (Å²) in [6.07, 6.45) is -0.454. The molecule has 0 bridgehead atoms. The van der Waals surface area contributed by atoms with Crippen LogP contribution in [0.3, 0.4) is 0 Å². The van der Waals surface area contributed by atoms with E-state index in [4.69, 9.17) is 23.5 Å². The maximum Gasteiger partial charge on any atom is 0.489 e. The Hall–Kier alpha value is -0.626. The molecule has 0 saturated carbocycles. The summed E-state index contributed by atoms with van der Waals surface area (Å²) in [4.78, 5) is 21.1. The van der Waals surface area contributed by atoms with Gasteiger partial charge in [0.25, 0.3) is 0 Å². The molecule has 9 heteroatoms. The van der Waals surface area contributed by atoms with E-state index in [-0.39, 0.29) is 25.9 Å². The van der Waals surface area contributed by atoms with E-state index in [1.807, 2.05) is 6.07 Å². The zero-order valence-corrected chi connectivity index (χ0v) is 15.5. The lowest BCUT2D eigenvalue weighted by molar-refractivity contribution is 0.00578. The lowest BCUT2D eigenvalue weighted by atomic mass is 10.4. The van der Waals surface area contributed by atoms with Crippen LogP contribution in [0.1, 0.15) is 6.42 Å². The Bertz CT molecular complexity index is 446. The van der Waals surface area contributed by atoms with Crippen LogP contribution in [-0.2, 0) is 13.3 Å². The van der Waals surface area contributed by atoms with Crippen LogP contribution < -0.4 is 5.19 Å². The van der Waals surface area contributed by atoms with Gasteiger partial charge in [0, 0.05) is 19.8 Å². The van der Waals surface area contributed by atoms with Crippen molar-refractivity contribution in [1.29, 1.82) is 0 Å². The minimum absolute atomic E-state index is 0.0286. The standard InChI is InChI=1S/C14H26O7Si2/c1-19-23(18,10-6-9-20-12-13(16)11-15)21-22(2,17)14-7-4-3-5-8-14/h3-5,7-8,13,15-18H,6,9-12H2,1-2H3. The molecule has 0 aliphatic heterocycles. The van der Waals surface area contributed by atoms with E-state index < -0.39 is 23.5 Å². The van der Waals surface area contributed by atoms with E-state index in [0.29, 0.717) is 11.6 Å². The molecular formula is C14H26O7Si2. The van der Waals surface area contributed by atoms with Gasteiger partial charge in [0.05, 0.1) is 13.2 Å². The Morgan fingerprint density at radius 1 is 1.17 bits per heavy atom. The predicted octanol–water partition coefficient (Wildman–Crippen LogP) is -0.688. The molecule has 1 aromatic carbocycles. The molecule has 3 unspecified atom stereocenters. The molecule has 7 nitrogen and oxygen atoms in total. The molecule has 3 atom stereocenters. The molecule has 0 spiro atoms. The molecule has 23 heavy (non-hydrogen) atoms. The number of aliphatic hydroxyl groups excluding tert-OH is 2. The summed E-state index contributed by atoms with van der Waals surface area (Å²) < 4.78 is 16.0. The highest BCUT2D eigenvalue weighted by atomic mass is 28.5. The maximum atomic E-state index is 10.6. The van der Waals surface area contributed by atoms with Crippen molar-refractivity contribution in [1.82, 2.24) is 0 Å². The Balaban J connectivity index is 2.50. The number of hydrogen-bond acceptors (Lipinski definition) is 7. The van der Waals surface area contributed by atoms with Gasteiger partial charge in [-0.25, -0.2) is 0 Å². The molecule has 1 rings (SSSR count). The maximum absolute atomic E-state index is 10.6. The number of rotatable bonds is 11. The van der Waals surface area contributed by atoms with Gasteiger partial charge in [-0.2, -0.15) is 0 Å². The molecule has 4 N–H and O–H groups in total. The second kappa shape index (κ2) is 9.62. The highest BCUT2D eigenvalue weighted by Crippen LogP contribution is 2.17. The van der Waals surface area contributed by atoms with Gasteiger partial charge >= 0.3 is 17.4 Å². The SMILES string of the molecule is CO[Si](O)(CCCOCC(O)CO)O[Si](C)(O)c1ccccc1. The number of benzene rings is 1. The van der Waals surface area contributed by atoms with Gasteiger partial charge in [-0.15, -0.1) is 0 Å². The molecule has 0 saturated heterocycles. The molecule has 1 aromatic rings. The van der Waals surface area contributed by atoms with Crippen LogP contribution in [0.4, 0.5) is 0 Å². The third-order valence-corrected chi connectivity index (χ3v) is 9.18. The first-order chi connectivity index (χ1) is 10.8. The zero-order chi connectivity index (χ0) is 17.3. The molecule has 0 heterocycles. The van der Waals surface area contributed by atoms with Gasteiger partial charge in [-0.1, -0.05) is 30.3 Å². The second-order valence-corrected chi connectivity index (χ2v) is 11.1. The zero-order valence-electron chi connectivity index (χ0n) is 13.5. The van der Waals surface area contributed by atoms with Crippen LogP contribution in [0.25, 0.3) is 0 Å². The Kier molecular flexibility index (Phi) is 8.54. The average molecular weight is 363 g/mol. The van der Waals surface area contributed by atoms with E-state index in [1.54, 1.807) is 30.8 Å². The van der Waals surface area contributed by atoms with Gasteiger partial charge in [0.15, 0.2) is 0 Å². The Morgan fingerprint density at radius 3 is 2.39 bits per heavy atom. The molecule has 0 aromatic heterocycles. The first kappa shape index (κ1) is 20.4.